The van der Waals surface area contributed by atoms with Gasteiger partial charge in [-0.1, -0.05) is 36.3 Å². The second-order valence-electron chi connectivity index (χ2n) is 8.12. The number of esters is 1. The Morgan fingerprint density at radius 2 is 1.68 bits per heavy atom. The summed E-state index contributed by atoms with van der Waals surface area (Å²) in [6.07, 6.45) is 5.61. The van der Waals surface area contributed by atoms with Crippen LogP contribution in [0.4, 0.5) is 0 Å². The number of rotatable bonds is 5. The SMILES string of the molecule is C#CC(C)(C#Cc1ccccc1)OC(=O)COc1c(C)cc(-[s+]2ccc3ccccc32)cc1C. The van der Waals surface area contributed by atoms with Gasteiger partial charge < -0.3 is 9.47 Å². The monoisotopic (exact) mass is 465 g/mol. The van der Waals surface area contributed by atoms with Crippen molar-refractivity contribution in [2.24, 2.45) is 0 Å². The second-order valence-corrected chi connectivity index (χ2v) is 9.98. The Bertz CT molecular complexity index is 1420. The first-order valence-electron chi connectivity index (χ1n) is 10.9. The van der Waals surface area contributed by atoms with Crippen LogP contribution in [0, 0.1) is 38.0 Å². The highest BCUT2D eigenvalue weighted by Crippen LogP contribution is 2.42. The van der Waals surface area contributed by atoms with Gasteiger partial charge in [-0.3, -0.25) is 0 Å². The molecule has 4 rings (SSSR count). The van der Waals surface area contributed by atoms with E-state index >= 15 is 0 Å². The highest BCUT2D eigenvalue weighted by atomic mass is 32.2. The molecule has 0 aliphatic carbocycles. The van der Waals surface area contributed by atoms with Crippen LogP contribution in [0.5, 0.6) is 5.75 Å². The lowest BCUT2D eigenvalue weighted by Gasteiger charge is -2.18. The number of fused-ring (bicyclic) bond motifs is 1. The van der Waals surface area contributed by atoms with E-state index in [4.69, 9.17) is 15.9 Å². The molecule has 0 saturated heterocycles. The third-order valence-electron chi connectivity index (χ3n) is 5.37. The first-order chi connectivity index (χ1) is 16.4. The van der Waals surface area contributed by atoms with Crippen molar-refractivity contribution in [3.05, 3.63) is 94.9 Å². The van der Waals surface area contributed by atoms with Crippen LogP contribution >= 0.6 is 10.5 Å². The summed E-state index contributed by atoms with van der Waals surface area (Å²) in [6, 6.07) is 24.3. The largest absolute Gasteiger partial charge is 0.481 e. The number of carbonyl (C=O) groups is 1. The fourth-order valence-electron chi connectivity index (χ4n) is 3.70. The van der Waals surface area contributed by atoms with E-state index in [1.54, 1.807) is 6.92 Å². The molecule has 0 bridgehead atoms. The molecule has 0 saturated carbocycles. The normalized spacial score (nSPS) is 12.7. The first-order valence-corrected chi connectivity index (χ1v) is 12.2. The molecule has 2 atom stereocenters. The molecule has 4 aromatic rings. The quantitative estimate of drug-likeness (QED) is 0.190. The van der Waals surface area contributed by atoms with Gasteiger partial charge >= 0.3 is 5.97 Å². The van der Waals surface area contributed by atoms with Crippen molar-refractivity contribution >= 4 is 26.5 Å². The van der Waals surface area contributed by atoms with Crippen molar-refractivity contribution in [3.8, 4) is 34.8 Å². The summed E-state index contributed by atoms with van der Waals surface area (Å²) >= 11 is 0. The topological polar surface area (TPSA) is 35.5 Å². The molecule has 2 unspecified atom stereocenters. The van der Waals surface area contributed by atoms with Gasteiger partial charge in [0.1, 0.15) is 11.1 Å². The Morgan fingerprint density at radius 3 is 2.38 bits per heavy atom. The minimum Gasteiger partial charge on any atom is -0.481 e. The first kappa shape index (κ1) is 23.2. The summed E-state index contributed by atoms with van der Waals surface area (Å²) in [7, 11) is -0.105. The minimum absolute atomic E-state index is 0.105. The minimum atomic E-state index is -1.34. The number of aryl methyl sites for hydroxylation is 2. The van der Waals surface area contributed by atoms with Crippen molar-refractivity contribution in [2.45, 2.75) is 26.4 Å². The molecule has 0 fully saturated rings. The molecule has 3 nitrogen and oxygen atoms in total. The maximum atomic E-state index is 12.5. The summed E-state index contributed by atoms with van der Waals surface area (Å²) in [4.78, 5) is 13.7. The van der Waals surface area contributed by atoms with E-state index in [1.165, 1.54) is 15.0 Å². The Labute approximate surface area is 203 Å². The average Bonchev–Trinajstić information content (AvgIpc) is 3.27. The fourth-order valence-corrected chi connectivity index (χ4v) is 5.76. The maximum absolute atomic E-state index is 12.5. The van der Waals surface area contributed by atoms with Crippen LogP contribution in [0.15, 0.2) is 78.2 Å². The van der Waals surface area contributed by atoms with Crippen LogP contribution in [-0.4, -0.2) is 18.2 Å². The van der Waals surface area contributed by atoms with E-state index in [9.17, 15) is 4.79 Å². The van der Waals surface area contributed by atoms with Gasteiger partial charge in [-0.05, 0) is 68.0 Å². The molecule has 3 aromatic carbocycles. The molecule has 34 heavy (non-hydrogen) atoms. The van der Waals surface area contributed by atoms with Crippen molar-refractivity contribution in [1.82, 2.24) is 0 Å². The zero-order valence-corrected chi connectivity index (χ0v) is 20.2. The zero-order valence-electron chi connectivity index (χ0n) is 19.4. The fraction of sp³-hybridized carbons (Fsp3) is 0.167. The van der Waals surface area contributed by atoms with Gasteiger partial charge in [-0.15, -0.1) is 6.42 Å². The average molecular weight is 466 g/mol. The Balaban J connectivity index is 1.46. The summed E-state index contributed by atoms with van der Waals surface area (Å²) in [5.74, 6) is 8.41. The lowest BCUT2D eigenvalue weighted by Crippen LogP contribution is -2.31. The van der Waals surface area contributed by atoms with E-state index in [-0.39, 0.29) is 17.1 Å². The van der Waals surface area contributed by atoms with Crippen LogP contribution in [0.1, 0.15) is 23.6 Å². The summed E-state index contributed by atoms with van der Waals surface area (Å²) in [5.41, 5.74) is 1.39. The Morgan fingerprint density at radius 1 is 1.00 bits per heavy atom. The van der Waals surface area contributed by atoms with Gasteiger partial charge in [0.2, 0.25) is 5.60 Å². The van der Waals surface area contributed by atoms with E-state index in [0.29, 0.717) is 5.75 Å². The molecule has 0 spiro atoms. The molecule has 0 aliphatic rings. The number of ether oxygens (including phenoxy) is 2. The molecule has 1 aromatic heterocycles. The van der Waals surface area contributed by atoms with Crippen molar-refractivity contribution in [3.63, 3.8) is 0 Å². The van der Waals surface area contributed by atoms with Crippen molar-refractivity contribution in [1.29, 1.82) is 0 Å². The lowest BCUT2D eigenvalue weighted by molar-refractivity contribution is -0.151. The van der Waals surface area contributed by atoms with Crippen molar-refractivity contribution in [2.75, 3.05) is 6.61 Å². The van der Waals surface area contributed by atoms with E-state index in [0.717, 1.165) is 16.7 Å². The van der Waals surface area contributed by atoms with Crippen molar-refractivity contribution < 1.29 is 14.3 Å². The molecule has 0 radical (unpaired) electrons. The third kappa shape index (κ3) is 5.15. The van der Waals surface area contributed by atoms with Crippen LogP contribution < -0.4 is 4.74 Å². The number of thiophene rings is 1. The molecular weight excluding hydrogens is 440 g/mol. The van der Waals surface area contributed by atoms with Gasteiger partial charge in [0.05, 0.1) is 0 Å². The number of hydrogen-bond acceptors (Lipinski definition) is 3. The Kier molecular flexibility index (Phi) is 6.73. The van der Waals surface area contributed by atoms with Crippen LogP contribution in [0.25, 0.3) is 15.0 Å². The lowest BCUT2D eigenvalue weighted by atomic mass is 10.1. The van der Waals surface area contributed by atoms with E-state index in [1.807, 2.05) is 44.2 Å². The van der Waals surface area contributed by atoms with Gasteiger partial charge in [0, 0.05) is 39.6 Å². The smallest absolute Gasteiger partial charge is 0.346 e. The maximum Gasteiger partial charge on any atom is 0.346 e. The molecule has 0 aliphatic heterocycles. The standard InChI is InChI=1S/C30H25O3S/c1-5-30(4,17-15-24-11-7-6-8-12-24)33-28(31)21-32-29-22(2)19-26(20-23(29)3)34-18-16-25-13-9-10-14-27(25)34/h1,6-14,16,18-20H,21H2,2-4H3/q+1. The molecule has 0 amide bonds. The van der Waals surface area contributed by atoms with Gasteiger partial charge in [-0.2, -0.15) is 0 Å². The summed E-state index contributed by atoms with van der Waals surface area (Å²) in [6.45, 7) is 5.33. The Hall–Kier alpha value is -3.99. The van der Waals surface area contributed by atoms with Gasteiger partial charge in [-0.25, -0.2) is 4.79 Å². The highest BCUT2D eigenvalue weighted by Gasteiger charge is 2.25. The van der Waals surface area contributed by atoms with Crippen LogP contribution in [-0.2, 0) is 9.53 Å². The highest BCUT2D eigenvalue weighted by molar-refractivity contribution is 7.43. The molecular formula is C30H25O3S+. The predicted octanol–water partition coefficient (Wildman–Crippen LogP) is 6.56. The molecule has 4 heteroatoms. The molecule has 0 N–H and O–H groups in total. The predicted molar refractivity (Wildman–Crippen MR) is 139 cm³/mol. The van der Waals surface area contributed by atoms with E-state index in [2.05, 4.69) is 65.6 Å². The van der Waals surface area contributed by atoms with E-state index < -0.39 is 11.6 Å². The van der Waals surface area contributed by atoms with Crippen LogP contribution in [0.3, 0.4) is 0 Å². The number of terminal acetylenes is 1. The zero-order chi connectivity index (χ0) is 24.1. The summed E-state index contributed by atoms with van der Waals surface area (Å²) in [5, 5.41) is 3.50. The van der Waals surface area contributed by atoms with Gasteiger partial charge in [0.25, 0.3) is 0 Å². The number of benzene rings is 3. The number of carbonyl (C=O) groups excluding carboxylic acids is 1. The summed E-state index contributed by atoms with van der Waals surface area (Å²) < 4.78 is 12.7. The number of hydrogen-bond donors (Lipinski definition) is 0. The molecule has 1 heterocycles. The third-order valence-corrected chi connectivity index (χ3v) is 7.37. The second kappa shape index (κ2) is 9.87. The molecule has 168 valence electrons. The van der Waals surface area contributed by atoms with Gasteiger partial charge in [0.15, 0.2) is 16.2 Å². The van der Waals surface area contributed by atoms with Crippen LogP contribution in [0.2, 0.25) is 0 Å².